The van der Waals surface area contributed by atoms with Crippen molar-refractivity contribution >= 4 is 5.91 Å². The lowest BCUT2D eigenvalue weighted by Crippen LogP contribution is -2.29. The van der Waals surface area contributed by atoms with Gasteiger partial charge in [0, 0.05) is 12.1 Å². The molecule has 0 aliphatic heterocycles. The smallest absolute Gasteiger partial charge is 0.251 e. The highest BCUT2D eigenvalue weighted by atomic mass is 19.1. The van der Waals surface area contributed by atoms with Crippen LogP contribution >= 0.6 is 0 Å². The van der Waals surface area contributed by atoms with E-state index in [9.17, 15) is 14.3 Å². The molecule has 18 heavy (non-hydrogen) atoms. The lowest BCUT2D eigenvalue weighted by Gasteiger charge is -2.14. The zero-order valence-corrected chi connectivity index (χ0v) is 11.0. The van der Waals surface area contributed by atoms with Crippen LogP contribution in [0.1, 0.15) is 36.2 Å². The average molecular weight is 253 g/mol. The van der Waals surface area contributed by atoms with Gasteiger partial charge in [-0.1, -0.05) is 19.9 Å². The van der Waals surface area contributed by atoms with Crippen LogP contribution in [0.15, 0.2) is 18.2 Å². The van der Waals surface area contributed by atoms with Gasteiger partial charge in [-0.2, -0.15) is 0 Å². The van der Waals surface area contributed by atoms with E-state index in [0.717, 1.165) is 5.56 Å². The second-order valence-electron chi connectivity index (χ2n) is 4.82. The third kappa shape index (κ3) is 4.11. The fourth-order valence-electron chi connectivity index (χ4n) is 1.60. The summed E-state index contributed by atoms with van der Waals surface area (Å²) in [7, 11) is 0. The average Bonchev–Trinajstić information content (AvgIpc) is 2.31. The van der Waals surface area contributed by atoms with E-state index < -0.39 is 11.9 Å². The molecule has 0 radical (unpaired) electrons. The fraction of sp³-hybridized carbons (Fsp3) is 0.500. The first-order valence-electron chi connectivity index (χ1n) is 6.14. The number of amides is 1. The largest absolute Gasteiger partial charge is 0.393 e. The molecule has 2 N–H and O–H groups in total. The third-order valence-electron chi connectivity index (χ3n) is 2.94. The van der Waals surface area contributed by atoms with Crippen molar-refractivity contribution in [2.24, 2.45) is 5.92 Å². The summed E-state index contributed by atoms with van der Waals surface area (Å²) < 4.78 is 13.0. The van der Waals surface area contributed by atoms with Crippen LogP contribution in [0.5, 0.6) is 0 Å². The number of benzene rings is 1. The molecule has 3 nitrogen and oxygen atoms in total. The molecular weight excluding hydrogens is 233 g/mol. The first-order valence-corrected chi connectivity index (χ1v) is 6.14. The minimum atomic E-state index is -0.432. The summed E-state index contributed by atoms with van der Waals surface area (Å²) in [6.07, 6.45) is 0.0662. The van der Waals surface area contributed by atoms with Gasteiger partial charge in [0.1, 0.15) is 5.82 Å². The lowest BCUT2D eigenvalue weighted by molar-refractivity contribution is 0.0919. The maximum Gasteiger partial charge on any atom is 0.251 e. The van der Waals surface area contributed by atoms with Crippen molar-refractivity contribution < 1.29 is 14.3 Å². The molecule has 0 heterocycles. The van der Waals surface area contributed by atoms with Gasteiger partial charge >= 0.3 is 0 Å². The molecule has 100 valence electrons. The van der Waals surface area contributed by atoms with E-state index in [-0.39, 0.29) is 11.8 Å². The summed E-state index contributed by atoms with van der Waals surface area (Å²) in [6.45, 7) is 5.98. The Bertz CT molecular complexity index is 418. The van der Waals surface area contributed by atoms with Crippen LogP contribution in [0.2, 0.25) is 0 Å². The van der Waals surface area contributed by atoms with Crippen LogP contribution in [0.4, 0.5) is 4.39 Å². The van der Waals surface area contributed by atoms with Crippen molar-refractivity contribution in [2.45, 2.75) is 33.3 Å². The van der Waals surface area contributed by atoms with Gasteiger partial charge in [-0.25, -0.2) is 4.39 Å². The minimum absolute atomic E-state index is 0.165. The summed E-state index contributed by atoms with van der Waals surface area (Å²) >= 11 is 0. The molecule has 1 atom stereocenters. The molecular formula is C14H20FNO2. The van der Waals surface area contributed by atoms with Crippen LogP contribution in [0.25, 0.3) is 0 Å². The molecule has 4 heteroatoms. The number of carbonyl (C=O) groups is 1. The van der Waals surface area contributed by atoms with Crippen LogP contribution in [0.3, 0.4) is 0 Å². The molecule has 0 aliphatic carbocycles. The van der Waals surface area contributed by atoms with E-state index in [1.807, 2.05) is 13.8 Å². The number of hydrogen-bond acceptors (Lipinski definition) is 2. The van der Waals surface area contributed by atoms with Crippen molar-refractivity contribution in [2.75, 3.05) is 6.54 Å². The molecule has 0 fully saturated rings. The summed E-state index contributed by atoms with van der Waals surface area (Å²) in [5.41, 5.74) is 1.08. The minimum Gasteiger partial charge on any atom is -0.393 e. The van der Waals surface area contributed by atoms with Crippen molar-refractivity contribution in [3.05, 3.63) is 35.1 Å². The summed E-state index contributed by atoms with van der Waals surface area (Å²) in [5, 5.41) is 12.3. The molecule has 0 spiro atoms. The molecule has 1 amide bonds. The van der Waals surface area contributed by atoms with Crippen molar-refractivity contribution in [1.29, 1.82) is 0 Å². The van der Waals surface area contributed by atoms with Gasteiger partial charge in [0.05, 0.1) is 6.10 Å². The maximum absolute atomic E-state index is 13.0. The molecule has 1 unspecified atom stereocenters. The Balaban J connectivity index is 2.53. The van der Waals surface area contributed by atoms with E-state index in [1.165, 1.54) is 12.1 Å². The summed E-state index contributed by atoms with van der Waals surface area (Å²) in [5.74, 6) is -0.561. The number of aryl methyl sites for hydroxylation is 1. The highest BCUT2D eigenvalue weighted by Crippen LogP contribution is 2.10. The van der Waals surface area contributed by atoms with E-state index in [2.05, 4.69) is 5.32 Å². The first-order chi connectivity index (χ1) is 8.41. The topological polar surface area (TPSA) is 49.3 Å². The summed E-state index contributed by atoms with van der Waals surface area (Å²) in [4.78, 5) is 11.8. The highest BCUT2D eigenvalue weighted by Gasteiger charge is 2.12. The number of aliphatic hydroxyl groups excluding tert-OH is 1. The molecule has 0 aromatic heterocycles. The van der Waals surface area contributed by atoms with E-state index in [0.29, 0.717) is 18.5 Å². The fourth-order valence-corrected chi connectivity index (χ4v) is 1.60. The van der Waals surface area contributed by atoms with Gasteiger partial charge in [-0.3, -0.25) is 4.79 Å². The maximum atomic E-state index is 13.0. The predicted molar refractivity (Wildman–Crippen MR) is 68.9 cm³/mol. The molecule has 0 bridgehead atoms. The Kier molecular flexibility index (Phi) is 5.28. The van der Waals surface area contributed by atoms with Gasteiger partial charge in [-0.15, -0.1) is 0 Å². The zero-order chi connectivity index (χ0) is 13.7. The van der Waals surface area contributed by atoms with Crippen molar-refractivity contribution in [3.63, 3.8) is 0 Å². The van der Waals surface area contributed by atoms with Crippen LogP contribution in [-0.2, 0) is 0 Å². The number of carbonyl (C=O) groups excluding carboxylic acids is 1. The number of rotatable bonds is 5. The Morgan fingerprint density at radius 1 is 1.44 bits per heavy atom. The molecule has 0 saturated heterocycles. The monoisotopic (exact) mass is 253 g/mol. The Morgan fingerprint density at radius 2 is 2.11 bits per heavy atom. The second kappa shape index (κ2) is 6.50. The zero-order valence-electron chi connectivity index (χ0n) is 11.0. The molecule has 1 rings (SSSR count). The molecule has 0 aliphatic rings. The van der Waals surface area contributed by atoms with Gasteiger partial charge in [-0.05, 0) is 37.0 Å². The molecule has 1 aromatic carbocycles. The Labute approximate surface area is 107 Å². The predicted octanol–water partition coefficient (Wildman–Crippen LogP) is 2.27. The third-order valence-corrected chi connectivity index (χ3v) is 2.94. The van der Waals surface area contributed by atoms with Gasteiger partial charge in [0.25, 0.3) is 5.91 Å². The normalized spacial score (nSPS) is 12.6. The van der Waals surface area contributed by atoms with Crippen LogP contribution < -0.4 is 5.32 Å². The van der Waals surface area contributed by atoms with E-state index in [1.54, 1.807) is 13.0 Å². The highest BCUT2D eigenvalue weighted by molar-refractivity contribution is 5.95. The number of nitrogens with one attached hydrogen (secondary N) is 1. The van der Waals surface area contributed by atoms with E-state index >= 15 is 0 Å². The quantitative estimate of drug-likeness (QED) is 0.845. The van der Waals surface area contributed by atoms with Crippen LogP contribution in [0, 0.1) is 18.7 Å². The Hall–Kier alpha value is -1.42. The standard InChI is InChI=1S/C14H20FNO2/c1-9(2)13(17)6-7-16-14(18)12-8-11(15)5-4-10(12)3/h4-5,8-9,13,17H,6-7H2,1-3H3,(H,16,18). The van der Waals surface area contributed by atoms with Crippen molar-refractivity contribution in [3.8, 4) is 0 Å². The Morgan fingerprint density at radius 3 is 2.72 bits per heavy atom. The molecule has 0 saturated carbocycles. The van der Waals surface area contributed by atoms with Crippen molar-refractivity contribution in [1.82, 2.24) is 5.32 Å². The number of hydrogen-bond donors (Lipinski definition) is 2. The second-order valence-corrected chi connectivity index (χ2v) is 4.82. The summed E-state index contributed by atoms with van der Waals surface area (Å²) in [6, 6.07) is 4.13. The number of aliphatic hydroxyl groups is 1. The number of halogens is 1. The van der Waals surface area contributed by atoms with Gasteiger partial charge in [0.2, 0.25) is 0 Å². The van der Waals surface area contributed by atoms with E-state index in [4.69, 9.17) is 0 Å². The lowest BCUT2D eigenvalue weighted by atomic mass is 10.0. The van der Waals surface area contributed by atoms with Crippen LogP contribution in [-0.4, -0.2) is 23.7 Å². The first kappa shape index (κ1) is 14.6. The SMILES string of the molecule is Cc1ccc(F)cc1C(=O)NCCC(O)C(C)C. The molecule has 1 aromatic rings. The van der Waals surface area contributed by atoms with Gasteiger partial charge < -0.3 is 10.4 Å². The van der Waals surface area contributed by atoms with Gasteiger partial charge in [0.15, 0.2) is 0 Å².